The molecule has 0 radical (unpaired) electrons. The summed E-state index contributed by atoms with van der Waals surface area (Å²) in [7, 11) is 0. The van der Waals surface area contributed by atoms with Crippen LogP contribution in [0.4, 0.5) is 11.4 Å². The third kappa shape index (κ3) is 1.55. The van der Waals surface area contributed by atoms with E-state index in [1.807, 2.05) is 6.07 Å². The van der Waals surface area contributed by atoms with E-state index in [0.717, 1.165) is 24.2 Å². The molecule has 1 aliphatic rings. The van der Waals surface area contributed by atoms with E-state index in [9.17, 15) is 4.79 Å². The Kier molecular flexibility index (Phi) is 2.35. The lowest BCUT2D eigenvalue weighted by Gasteiger charge is -2.25. The van der Waals surface area contributed by atoms with Crippen molar-refractivity contribution in [3.63, 3.8) is 0 Å². The molecule has 14 heavy (non-hydrogen) atoms. The van der Waals surface area contributed by atoms with Crippen molar-refractivity contribution in [1.82, 2.24) is 4.98 Å². The molecule has 74 valence electrons. The van der Waals surface area contributed by atoms with E-state index in [-0.39, 0.29) is 11.9 Å². The summed E-state index contributed by atoms with van der Waals surface area (Å²) in [5.41, 5.74) is 1.72. The summed E-state index contributed by atoms with van der Waals surface area (Å²) < 4.78 is 0. The average molecular weight is 191 g/mol. The molecule has 0 fully saturated rings. The molecule has 1 atom stereocenters. The van der Waals surface area contributed by atoms with E-state index in [0.29, 0.717) is 0 Å². The maximum Gasteiger partial charge on any atom is 0.246 e. The van der Waals surface area contributed by atoms with Gasteiger partial charge in [0.25, 0.3) is 0 Å². The number of pyridine rings is 1. The quantitative estimate of drug-likeness (QED) is 0.746. The van der Waals surface area contributed by atoms with Gasteiger partial charge in [0.15, 0.2) is 0 Å². The van der Waals surface area contributed by atoms with Gasteiger partial charge < -0.3 is 10.6 Å². The van der Waals surface area contributed by atoms with Crippen LogP contribution in [0.15, 0.2) is 18.5 Å². The van der Waals surface area contributed by atoms with Crippen molar-refractivity contribution in [2.75, 3.05) is 10.6 Å². The minimum Gasteiger partial charge on any atom is -0.372 e. The number of nitrogens with zero attached hydrogens (tertiary/aromatic N) is 1. The third-order valence-corrected chi connectivity index (χ3v) is 2.30. The molecule has 1 amide bonds. The molecule has 0 aliphatic carbocycles. The zero-order valence-corrected chi connectivity index (χ0v) is 8.08. The molecular formula is C10H13N3O. The SMILES string of the molecule is CCCC1Nc2ccncc2NC1=O. The summed E-state index contributed by atoms with van der Waals surface area (Å²) in [5, 5.41) is 6.03. The van der Waals surface area contributed by atoms with Gasteiger partial charge in [0.2, 0.25) is 5.91 Å². The second kappa shape index (κ2) is 3.65. The highest BCUT2D eigenvalue weighted by atomic mass is 16.2. The van der Waals surface area contributed by atoms with Crippen molar-refractivity contribution in [2.24, 2.45) is 0 Å². The topological polar surface area (TPSA) is 54.0 Å². The molecule has 1 unspecified atom stereocenters. The molecule has 2 N–H and O–H groups in total. The predicted octanol–water partition coefficient (Wildman–Crippen LogP) is 1.61. The second-order valence-electron chi connectivity index (χ2n) is 3.40. The first-order valence-electron chi connectivity index (χ1n) is 4.82. The minimum absolute atomic E-state index is 0.0346. The summed E-state index contributed by atoms with van der Waals surface area (Å²) in [6, 6.07) is 1.77. The minimum atomic E-state index is -0.102. The summed E-state index contributed by atoms with van der Waals surface area (Å²) in [6.07, 6.45) is 5.22. The first-order chi connectivity index (χ1) is 6.81. The highest BCUT2D eigenvalue weighted by molar-refractivity contribution is 6.02. The molecule has 0 aromatic carbocycles. The van der Waals surface area contributed by atoms with Gasteiger partial charge in [-0.3, -0.25) is 9.78 Å². The van der Waals surface area contributed by atoms with Crippen LogP contribution in [0, 0.1) is 0 Å². The van der Waals surface area contributed by atoms with Crippen LogP contribution in [0.1, 0.15) is 19.8 Å². The fourth-order valence-electron chi connectivity index (χ4n) is 1.58. The van der Waals surface area contributed by atoms with Crippen LogP contribution in [0.3, 0.4) is 0 Å². The molecule has 2 heterocycles. The number of hydrogen-bond acceptors (Lipinski definition) is 3. The molecular weight excluding hydrogens is 178 g/mol. The van der Waals surface area contributed by atoms with Crippen molar-refractivity contribution < 1.29 is 4.79 Å². The van der Waals surface area contributed by atoms with Crippen LogP contribution in [0.5, 0.6) is 0 Å². The van der Waals surface area contributed by atoms with Crippen molar-refractivity contribution in [3.8, 4) is 0 Å². The van der Waals surface area contributed by atoms with Crippen LogP contribution in [-0.4, -0.2) is 16.9 Å². The Hall–Kier alpha value is -1.58. The predicted molar refractivity (Wildman–Crippen MR) is 55.2 cm³/mol. The Morgan fingerprint density at radius 2 is 2.36 bits per heavy atom. The van der Waals surface area contributed by atoms with Crippen LogP contribution in [0.2, 0.25) is 0 Å². The summed E-state index contributed by atoms with van der Waals surface area (Å²) in [6.45, 7) is 2.07. The first kappa shape index (κ1) is 8.99. The van der Waals surface area contributed by atoms with Gasteiger partial charge in [0.1, 0.15) is 6.04 Å². The molecule has 0 bridgehead atoms. The van der Waals surface area contributed by atoms with E-state index in [1.165, 1.54) is 0 Å². The number of fused-ring (bicyclic) bond motifs is 1. The molecule has 0 saturated carbocycles. The van der Waals surface area contributed by atoms with E-state index in [1.54, 1.807) is 12.4 Å². The number of anilines is 2. The zero-order valence-electron chi connectivity index (χ0n) is 8.08. The number of amides is 1. The van der Waals surface area contributed by atoms with Crippen LogP contribution in [0.25, 0.3) is 0 Å². The molecule has 4 nitrogen and oxygen atoms in total. The Balaban J connectivity index is 2.22. The van der Waals surface area contributed by atoms with Gasteiger partial charge in [-0.25, -0.2) is 0 Å². The van der Waals surface area contributed by atoms with Gasteiger partial charge in [-0.05, 0) is 12.5 Å². The third-order valence-electron chi connectivity index (χ3n) is 2.30. The Bertz CT molecular complexity index is 351. The zero-order chi connectivity index (χ0) is 9.97. The summed E-state index contributed by atoms with van der Waals surface area (Å²) in [4.78, 5) is 15.5. The lowest BCUT2D eigenvalue weighted by atomic mass is 10.1. The average Bonchev–Trinajstić information content (AvgIpc) is 2.19. The van der Waals surface area contributed by atoms with Gasteiger partial charge in [-0.2, -0.15) is 0 Å². The normalized spacial score (nSPS) is 19.5. The van der Waals surface area contributed by atoms with Crippen molar-refractivity contribution in [2.45, 2.75) is 25.8 Å². The molecule has 1 aromatic rings. The van der Waals surface area contributed by atoms with E-state index >= 15 is 0 Å². The van der Waals surface area contributed by atoms with Gasteiger partial charge in [0, 0.05) is 6.20 Å². The Morgan fingerprint density at radius 3 is 3.14 bits per heavy atom. The molecule has 2 rings (SSSR count). The maximum absolute atomic E-state index is 11.5. The van der Waals surface area contributed by atoms with Crippen molar-refractivity contribution in [3.05, 3.63) is 18.5 Å². The smallest absolute Gasteiger partial charge is 0.246 e. The number of nitrogens with one attached hydrogen (secondary N) is 2. The number of carbonyl (C=O) groups is 1. The van der Waals surface area contributed by atoms with Crippen molar-refractivity contribution in [1.29, 1.82) is 0 Å². The van der Waals surface area contributed by atoms with E-state index < -0.39 is 0 Å². The monoisotopic (exact) mass is 191 g/mol. The second-order valence-corrected chi connectivity index (χ2v) is 3.40. The summed E-state index contributed by atoms with van der Waals surface area (Å²) >= 11 is 0. The maximum atomic E-state index is 11.5. The first-order valence-corrected chi connectivity index (χ1v) is 4.82. The van der Waals surface area contributed by atoms with Gasteiger partial charge in [-0.1, -0.05) is 13.3 Å². The lowest BCUT2D eigenvalue weighted by Crippen LogP contribution is -2.38. The standard InChI is InChI=1S/C10H13N3O/c1-2-3-8-10(14)13-9-6-11-5-4-7(9)12-8/h4-6,8,12H,2-3H2,1H3,(H,13,14). The number of carbonyl (C=O) groups excluding carboxylic acids is 1. The molecule has 1 aromatic heterocycles. The van der Waals surface area contributed by atoms with Gasteiger partial charge in [0.05, 0.1) is 17.6 Å². The van der Waals surface area contributed by atoms with Gasteiger partial charge in [-0.15, -0.1) is 0 Å². The fourth-order valence-corrected chi connectivity index (χ4v) is 1.58. The molecule has 0 saturated heterocycles. The summed E-state index contributed by atoms with van der Waals surface area (Å²) in [5.74, 6) is 0.0346. The molecule has 4 heteroatoms. The van der Waals surface area contributed by atoms with E-state index in [4.69, 9.17) is 0 Å². The number of aromatic nitrogens is 1. The van der Waals surface area contributed by atoms with Crippen LogP contribution in [-0.2, 0) is 4.79 Å². The molecule has 0 spiro atoms. The highest BCUT2D eigenvalue weighted by Gasteiger charge is 2.23. The lowest BCUT2D eigenvalue weighted by molar-refractivity contribution is -0.117. The van der Waals surface area contributed by atoms with Crippen LogP contribution >= 0.6 is 0 Å². The van der Waals surface area contributed by atoms with Gasteiger partial charge >= 0.3 is 0 Å². The Labute approximate surface area is 82.7 Å². The van der Waals surface area contributed by atoms with Crippen molar-refractivity contribution >= 4 is 17.3 Å². The highest BCUT2D eigenvalue weighted by Crippen LogP contribution is 2.25. The van der Waals surface area contributed by atoms with Crippen LogP contribution < -0.4 is 10.6 Å². The molecule has 1 aliphatic heterocycles. The largest absolute Gasteiger partial charge is 0.372 e. The fraction of sp³-hybridized carbons (Fsp3) is 0.400. The Morgan fingerprint density at radius 1 is 1.50 bits per heavy atom. The number of rotatable bonds is 2. The number of hydrogen-bond donors (Lipinski definition) is 2. The van der Waals surface area contributed by atoms with E-state index in [2.05, 4.69) is 22.5 Å².